The summed E-state index contributed by atoms with van der Waals surface area (Å²) in [6, 6.07) is 7.43. The normalized spacial score (nSPS) is 10.3. The molecule has 0 atom stereocenters. The number of aromatic nitrogens is 2. The second-order valence-electron chi connectivity index (χ2n) is 4.71. The maximum absolute atomic E-state index is 11.8. The van der Waals surface area contributed by atoms with Crippen molar-refractivity contribution < 1.29 is 14.3 Å². The minimum Gasteiger partial charge on any atom is -0.451 e. The first-order valence-electron chi connectivity index (χ1n) is 7.09. The Morgan fingerprint density at radius 1 is 1.39 bits per heavy atom. The van der Waals surface area contributed by atoms with E-state index >= 15 is 0 Å². The number of ether oxygens (including phenoxy) is 1. The number of carbonyl (C=O) groups excluding carboxylic acids is 2. The third-order valence-corrected chi connectivity index (χ3v) is 4.02. The molecule has 122 valence electrons. The molecular weight excluding hydrogens is 338 g/mol. The lowest BCUT2D eigenvalue weighted by Gasteiger charge is -2.06. The van der Waals surface area contributed by atoms with Gasteiger partial charge < -0.3 is 10.1 Å². The summed E-state index contributed by atoms with van der Waals surface area (Å²) >= 11 is 6.86. The van der Waals surface area contributed by atoms with Crippen molar-refractivity contribution in [3.63, 3.8) is 0 Å². The van der Waals surface area contributed by atoms with E-state index in [9.17, 15) is 9.59 Å². The zero-order valence-corrected chi connectivity index (χ0v) is 14.1. The molecule has 2 rings (SSSR count). The number of hydrogen-bond donors (Lipinski definition) is 1. The maximum atomic E-state index is 11.8. The Balaban J connectivity index is 1.72. The number of amides is 1. The summed E-state index contributed by atoms with van der Waals surface area (Å²) in [4.78, 5) is 23.9. The Morgan fingerprint density at radius 3 is 2.96 bits per heavy atom. The molecule has 1 amide bonds. The summed E-state index contributed by atoms with van der Waals surface area (Å²) < 4.78 is 8.68. The molecule has 0 spiro atoms. The van der Waals surface area contributed by atoms with Crippen LogP contribution in [0.25, 0.3) is 0 Å². The molecule has 6 nitrogen and oxygen atoms in total. The van der Waals surface area contributed by atoms with Gasteiger partial charge in [0.2, 0.25) is 0 Å². The number of nitrogens with one attached hydrogen (secondary N) is 1. The third kappa shape index (κ3) is 5.30. The predicted octanol–water partition coefficient (Wildman–Crippen LogP) is 2.27. The molecule has 23 heavy (non-hydrogen) atoms. The number of hydrogen-bond acceptors (Lipinski definition) is 6. The van der Waals surface area contributed by atoms with Crippen LogP contribution in [0.5, 0.6) is 0 Å². The van der Waals surface area contributed by atoms with Crippen molar-refractivity contribution in [1.29, 1.82) is 0 Å². The molecule has 8 heteroatoms. The van der Waals surface area contributed by atoms with Crippen LogP contribution >= 0.6 is 23.1 Å². The fourth-order valence-corrected chi connectivity index (χ4v) is 2.74. The number of benzene rings is 1. The Kier molecular flexibility index (Phi) is 6.49. The Bertz CT molecular complexity index is 690. The highest BCUT2D eigenvalue weighted by molar-refractivity contribution is 7.07. The van der Waals surface area contributed by atoms with Crippen molar-refractivity contribution >= 4 is 35.0 Å². The zero-order valence-electron chi connectivity index (χ0n) is 12.5. The molecule has 0 saturated carbocycles. The van der Waals surface area contributed by atoms with Gasteiger partial charge in [-0.25, -0.2) is 4.79 Å². The smallest absolute Gasteiger partial charge is 0.352 e. The van der Waals surface area contributed by atoms with Crippen molar-refractivity contribution in [3.8, 4) is 0 Å². The quantitative estimate of drug-likeness (QED) is 0.772. The molecule has 1 N–H and O–H groups in total. The lowest BCUT2D eigenvalue weighted by atomic mass is 10.1. The van der Waals surface area contributed by atoms with Crippen molar-refractivity contribution in [2.75, 3.05) is 13.2 Å². The average Bonchev–Trinajstić information content (AvgIpc) is 3.01. The number of carbonyl (C=O) groups is 2. The number of nitrogens with zero attached hydrogens (tertiary/aromatic N) is 2. The lowest BCUT2D eigenvalue weighted by molar-refractivity contribution is -0.124. The highest BCUT2D eigenvalue weighted by Crippen LogP contribution is 2.12. The van der Waals surface area contributed by atoms with E-state index in [0.717, 1.165) is 17.1 Å². The highest BCUT2D eigenvalue weighted by Gasteiger charge is 2.17. The summed E-state index contributed by atoms with van der Waals surface area (Å²) in [5, 5.41) is 7.18. The lowest BCUT2D eigenvalue weighted by Crippen LogP contribution is -2.30. The fourth-order valence-electron chi connectivity index (χ4n) is 1.88. The van der Waals surface area contributed by atoms with Crippen molar-refractivity contribution in [2.45, 2.75) is 19.8 Å². The van der Waals surface area contributed by atoms with Crippen molar-refractivity contribution in [2.24, 2.45) is 0 Å². The molecule has 0 bridgehead atoms. The third-order valence-electron chi connectivity index (χ3n) is 3.04. The standard InChI is InChI=1S/C15H16ClN3O3S/c1-2-12-14(23-19-18-12)15(21)22-9-13(20)17-7-6-10-4-3-5-11(16)8-10/h3-5,8H,2,6-7,9H2,1H3,(H,17,20). The number of halogens is 1. The van der Waals surface area contributed by atoms with Gasteiger partial charge >= 0.3 is 5.97 Å². The van der Waals surface area contributed by atoms with Crippen LogP contribution in [0.4, 0.5) is 0 Å². The summed E-state index contributed by atoms with van der Waals surface area (Å²) in [6.07, 6.45) is 1.24. The van der Waals surface area contributed by atoms with E-state index in [1.165, 1.54) is 0 Å². The molecule has 0 unspecified atom stereocenters. The average molecular weight is 354 g/mol. The summed E-state index contributed by atoms with van der Waals surface area (Å²) in [5.41, 5.74) is 1.61. The van der Waals surface area contributed by atoms with Crippen LogP contribution in [0.3, 0.4) is 0 Å². The molecular formula is C15H16ClN3O3S. The molecule has 0 aliphatic carbocycles. The Morgan fingerprint density at radius 2 is 2.22 bits per heavy atom. The first-order valence-corrected chi connectivity index (χ1v) is 8.24. The topological polar surface area (TPSA) is 81.2 Å². The van der Waals surface area contributed by atoms with Gasteiger partial charge in [-0.05, 0) is 42.1 Å². The molecule has 1 heterocycles. The zero-order chi connectivity index (χ0) is 16.7. The molecule has 0 fully saturated rings. The Labute approximate surface area is 143 Å². The molecule has 0 saturated heterocycles. The van der Waals surface area contributed by atoms with Gasteiger partial charge in [0.25, 0.3) is 5.91 Å². The number of rotatable bonds is 7. The second-order valence-corrected chi connectivity index (χ2v) is 5.90. The molecule has 0 radical (unpaired) electrons. The van der Waals surface area contributed by atoms with E-state index in [0.29, 0.717) is 35.0 Å². The van der Waals surface area contributed by atoms with Gasteiger partial charge in [-0.1, -0.05) is 35.1 Å². The van der Waals surface area contributed by atoms with Crippen LogP contribution in [0, 0.1) is 0 Å². The van der Waals surface area contributed by atoms with Gasteiger partial charge in [-0.15, -0.1) is 5.10 Å². The molecule has 1 aromatic carbocycles. The van der Waals surface area contributed by atoms with Crippen LogP contribution in [-0.4, -0.2) is 34.6 Å². The first kappa shape index (κ1) is 17.4. The van der Waals surface area contributed by atoms with Crippen LogP contribution in [0.2, 0.25) is 5.02 Å². The largest absolute Gasteiger partial charge is 0.451 e. The predicted molar refractivity (Wildman–Crippen MR) is 87.7 cm³/mol. The van der Waals surface area contributed by atoms with E-state index in [-0.39, 0.29) is 12.5 Å². The minimum absolute atomic E-state index is 0.324. The van der Waals surface area contributed by atoms with E-state index in [1.807, 2.05) is 25.1 Å². The molecule has 1 aromatic heterocycles. The van der Waals surface area contributed by atoms with Gasteiger partial charge in [-0.3, -0.25) is 4.79 Å². The highest BCUT2D eigenvalue weighted by atomic mass is 35.5. The maximum Gasteiger partial charge on any atom is 0.352 e. The first-order chi connectivity index (χ1) is 11.1. The molecule has 0 aliphatic rings. The second kappa shape index (κ2) is 8.59. The van der Waals surface area contributed by atoms with E-state index in [4.69, 9.17) is 16.3 Å². The van der Waals surface area contributed by atoms with Crippen LogP contribution in [-0.2, 0) is 22.4 Å². The van der Waals surface area contributed by atoms with E-state index in [1.54, 1.807) is 6.07 Å². The van der Waals surface area contributed by atoms with E-state index in [2.05, 4.69) is 14.9 Å². The van der Waals surface area contributed by atoms with Gasteiger partial charge in [-0.2, -0.15) is 0 Å². The van der Waals surface area contributed by atoms with Crippen molar-refractivity contribution in [3.05, 3.63) is 45.4 Å². The summed E-state index contributed by atoms with van der Waals surface area (Å²) in [5.74, 6) is -0.919. The molecule has 2 aromatic rings. The van der Waals surface area contributed by atoms with E-state index < -0.39 is 5.97 Å². The van der Waals surface area contributed by atoms with Gasteiger partial charge in [0.1, 0.15) is 0 Å². The van der Waals surface area contributed by atoms with Gasteiger partial charge in [0, 0.05) is 11.6 Å². The van der Waals surface area contributed by atoms with Crippen LogP contribution < -0.4 is 5.32 Å². The van der Waals surface area contributed by atoms with Gasteiger partial charge in [0.15, 0.2) is 11.5 Å². The minimum atomic E-state index is -0.568. The number of esters is 1. The van der Waals surface area contributed by atoms with Crippen LogP contribution in [0.15, 0.2) is 24.3 Å². The van der Waals surface area contributed by atoms with Crippen molar-refractivity contribution in [1.82, 2.24) is 14.9 Å². The summed E-state index contributed by atoms with van der Waals surface area (Å²) in [7, 11) is 0. The molecule has 0 aliphatic heterocycles. The number of aryl methyl sites for hydroxylation is 1. The summed E-state index contributed by atoms with van der Waals surface area (Å²) in [6.45, 7) is 1.99. The Hall–Kier alpha value is -1.99. The SMILES string of the molecule is CCc1nnsc1C(=O)OCC(=O)NCCc1cccc(Cl)c1. The fraction of sp³-hybridized carbons (Fsp3) is 0.333. The van der Waals surface area contributed by atoms with Gasteiger partial charge in [0.05, 0.1) is 5.69 Å². The monoisotopic (exact) mass is 353 g/mol. The van der Waals surface area contributed by atoms with Crippen LogP contribution in [0.1, 0.15) is 27.9 Å².